The SMILES string of the molecule is O=C(O)c1ccc(/C2=C3\C=CC(=N3)/C(c3ccc(C(=O)O)cc3)=c3/cc/c([nH]3)=C(\c3ccc(C(=O)O)cc3)C3=N/C(=C(/c4ccc(C(=O)O)cc4)C4CC=C2N4)C=C3)cc1. The van der Waals surface area contributed by atoms with Crippen molar-refractivity contribution in [1.82, 2.24) is 10.3 Å². The second-order valence-electron chi connectivity index (χ2n) is 14.3. The zero-order valence-electron chi connectivity index (χ0n) is 31.4. The first-order valence-corrected chi connectivity index (χ1v) is 18.8. The number of fused-ring (bicyclic) bond motifs is 6. The van der Waals surface area contributed by atoms with Gasteiger partial charge in [-0.15, -0.1) is 0 Å². The number of nitrogens with one attached hydrogen (secondary N) is 2. The number of allylic oxidation sites excluding steroid dienone is 5. The molecule has 1 aromatic heterocycles. The molecular formula is C48H32N4O8. The number of carboxylic acid groups (broad SMARTS) is 4. The summed E-state index contributed by atoms with van der Waals surface area (Å²) in [5.41, 5.74) is 9.40. The van der Waals surface area contributed by atoms with Crippen LogP contribution in [-0.2, 0) is 0 Å². The third-order valence-electron chi connectivity index (χ3n) is 10.8. The van der Waals surface area contributed by atoms with Gasteiger partial charge in [-0.2, -0.15) is 0 Å². The van der Waals surface area contributed by atoms with Crippen LogP contribution in [0.25, 0.3) is 22.3 Å². The zero-order chi connectivity index (χ0) is 41.7. The van der Waals surface area contributed by atoms with Crippen molar-refractivity contribution in [3.05, 3.63) is 212 Å². The van der Waals surface area contributed by atoms with Crippen molar-refractivity contribution < 1.29 is 39.6 Å². The van der Waals surface area contributed by atoms with Crippen molar-refractivity contribution in [3.8, 4) is 0 Å². The van der Waals surface area contributed by atoms with E-state index < -0.39 is 23.9 Å². The Balaban J connectivity index is 1.35. The second kappa shape index (κ2) is 14.8. The number of hydrogen-bond donors (Lipinski definition) is 6. The van der Waals surface area contributed by atoms with E-state index in [0.29, 0.717) is 67.8 Å². The largest absolute Gasteiger partial charge is 0.478 e. The summed E-state index contributed by atoms with van der Waals surface area (Å²) in [6.45, 7) is 0. The predicted octanol–water partition coefficient (Wildman–Crippen LogP) is 6.31. The van der Waals surface area contributed by atoms with E-state index in [9.17, 15) is 39.6 Å². The van der Waals surface area contributed by atoms with Crippen molar-refractivity contribution in [3.63, 3.8) is 0 Å². The summed E-state index contributed by atoms with van der Waals surface area (Å²) in [6, 6.07) is 29.7. The third-order valence-corrected chi connectivity index (χ3v) is 10.8. The van der Waals surface area contributed by atoms with E-state index in [2.05, 4.69) is 16.4 Å². The van der Waals surface area contributed by atoms with Crippen molar-refractivity contribution in [2.75, 3.05) is 0 Å². The molecule has 1 unspecified atom stereocenters. The van der Waals surface area contributed by atoms with Crippen molar-refractivity contribution >= 4 is 57.6 Å². The molecule has 0 aliphatic carbocycles. The molecule has 60 heavy (non-hydrogen) atoms. The van der Waals surface area contributed by atoms with Crippen LogP contribution in [-0.4, -0.2) is 66.8 Å². The molecule has 0 fully saturated rings. The van der Waals surface area contributed by atoms with Gasteiger partial charge in [0.2, 0.25) is 0 Å². The molecule has 6 N–H and O–H groups in total. The first-order valence-electron chi connectivity index (χ1n) is 18.8. The number of H-pyrrole nitrogens is 1. The molecule has 0 radical (unpaired) electrons. The maximum absolute atomic E-state index is 11.8. The zero-order valence-corrected chi connectivity index (χ0v) is 31.4. The summed E-state index contributed by atoms with van der Waals surface area (Å²) in [7, 11) is 0. The molecule has 12 nitrogen and oxygen atoms in total. The number of nitrogens with zero attached hydrogens (tertiary/aromatic N) is 2. The van der Waals surface area contributed by atoms with E-state index in [1.54, 1.807) is 72.8 Å². The van der Waals surface area contributed by atoms with Crippen LogP contribution < -0.4 is 16.0 Å². The van der Waals surface area contributed by atoms with E-state index in [-0.39, 0.29) is 28.3 Å². The Labute approximate surface area is 340 Å². The molecule has 4 aliphatic heterocycles. The molecule has 0 spiro atoms. The number of benzene rings is 4. The number of aliphatic imine (C=N–C) groups is 2. The highest BCUT2D eigenvalue weighted by Crippen LogP contribution is 2.38. The van der Waals surface area contributed by atoms with Crippen LogP contribution in [0.15, 0.2) is 167 Å². The summed E-state index contributed by atoms with van der Waals surface area (Å²) in [5.74, 6) is -4.22. The fourth-order valence-corrected chi connectivity index (χ4v) is 7.87. The second-order valence-corrected chi connectivity index (χ2v) is 14.3. The molecule has 5 heterocycles. The number of rotatable bonds is 8. The van der Waals surface area contributed by atoms with E-state index in [1.807, 2.05) is 36.4 Å². The summed E-state index contributed by atoms with van der Waals surface area (Å²) in [4.78, 5) is 61.3. The molecule has 4 aliphatic rings. The van der Waals surface area contributed by atoms with Crippen LogP contribution in [0, 0.1) is 0 Å². The smallest absolute Gasteiger partial charge is 0.335 e. The molecule has 12 heteroatoms. The summed E-state index contributed by atoms with van der Waals surface area (Å²) in [6.07, 6.45) is 10.1. The quantitative estimate of drug-likeness (QED) is 0.104. The first-order chi connectivity index (χ1) is 29.0. The van der Waals surface area contributed by atoms with Gasteiger partial charge >= 0.3 is 23.9 Å². The lowest BCUT2D eigenvalue weighted by atomic mass is 9.94. The maximum Gasteiger partial charge on any atom is 0.335 e. The highest BCUT2D eigenvalue weighted by molar-refractivity contribution is 6.31. The van der Waals surface area contributed by atoms with Gasteiger partial charge in [0.1, 0.15) is 0 Å². The van der Waals surface area contributed by atoms with Crippen LogP contribution in [0.5, 0.6) is 0 Å². The van der Waals surface area contributed by atoms with Gasteiger partial charge < -0.3 is 30.7 Å². The summed E-state index contributed by atoms with van der Waals surface area (Å²) >= 11 is 0. The van der Waals surface area contributed by atoms with Crippen LogP contribution >= 0.6 is 0 Å². The van der Waals surface area contributed by atoms with Crippen LogP contribution in [0.3, 0.4) is 0 Å². The lowest BCUT2D eigenvalue weighted by Crippen LogP contribution is -2.26. The number of carbonyl (C=O) groups is 4. The highest BCUT2D eigenvalue weighted by atomic mass is 16.4. The Morgan fingerprint density at radius 2 is 0.850 bits per heavy atom. The predicted molar refractivity (Wildman–Crippen MR) is 225 cm³/mol. The molecule has 0 amide bonds. The van der Waals surface area contributed by atoms with Crippen molar-refractivity contribution in [1.29, 1.82) is 0 Å². The fraction of sp³-hybridized carbons (Fsp3) is 0.0417. The number of aromatic nitrogens is 1. The van der Waals surface area contributed by atoms with Gasteiger partial charge in [0.15, 0.2) is 0 Å². The highest BCUT2D eigenvalue weighted by Gasteiger charge is 2.30. The van der Waals surface area contributed by atoms with E-state index in [1.165, 1.54) is 24.3 Å². The Bertz CT molecular complexity index is 3050. The molecule has 1 atom stereocenters. The van der Waals surface area contributed by atoms with Gasteiger partial charge in [-0.05, 0) is 114 Å². The molecule has 0 saturated heterocycles. The number of aromatic amines is 1. The number of carboxylic acids is 4. The Morgan fingerprint density at radius 1 is 0.467 bits per heavy atom. The number of hydrogen-bond acceptors (Lipinski definition) is 7. The Morgan fingerprint density at radius 3 is 1.28 bits per heavy atom. The minimum Gasteiger partial charge on any atom is -0.478 e. The summed E-state index contributed by atoms with van der Waals surface area (Å²) in [5, 5.41) is 43.8. The molecule has 5 aromatic rings. The van der Waals surface area contributed by atoms with Gasteiger partial charge in [-0.1, -0.05) is 54.6 Å². The number of aromatic carboxylic acids is 4. The normalized spacial score (nSPS) is 20.9. The molecule has 8 bridgehead atoms. The van der Waals surface area contributed by atoms with Gasteiger partial charge in [-0.3, -0.25) is 0 Å². The Hall–Kier alpha value is -8.38. The van der Waals surface area contributed by atoms with E-state index >= 15 is 0 Å². The molecule has 9 rings (SSSR count). The monoisotopic (exact) mass is 792 g/mol. The van der Waals surface area contributed by atoms with Gasteiger partial charge in [0.05, 0.1) is 51.1 Å². The average molecular weight is 793 g/mol. The topological polar surface area (TPSA) is 202 Å². The van der Waals surface area contributed by atoms with Crippen LogP contribution in [0.4, 0.5) is 0 Å². The fourth-order valence-electron chi connectivity index (χ4n) is 7.87. The minimum atomic E-state index is -1.06. The Kier molecular flexibility index (Phi) is 9.21. The van der Waals surface area contributed by atoms with Crippen LogP contribution in [0.1, 0.15) is 70.1 Å². The molecular weight excluding hydrogens is 761 g/mol. The van der Waals surface area contributed by atoms with Gasteiger partial charge in [0.25, 0.3) is 0 Å². The van der Waals surface area contributed by atoms with Crippen molar-refractivity contribution in [2.45, 2.75) is 12.5 Å². The van der Waals surface area contributed by atoms with Crippen LogP contribution in [0.2, 0.25) is 0 Å². The molecule has 4 aromatic carbocycles. The standard InChI is InChI=1S/C48H32N4O8/c53-45(54)29-9-1-25(2-10-29)41-33-17-19-35(49-33)42(26-3-11-30(12-4-26)46(55)56)37-21-23-39(51-37)44(28-7-15-32(16-8-28)48(59)60)40-24-22-38(52-40)43(36-20-18-34(41)50-36)27-5-13-31(14-6-27)47(57)58/h1-23,40,49,52H,24H2,(H,53,54)(H,55,56)(H,57,58)(H,59,60)/b41-33-,42-35-,43-36-,44-39-. The molecule has 292 valence electrons. The lowest BCUT2D eigenvalue weighted by Gasteiger charge is -2.21. The van der Waals surface area contributed by atoms with Gasteiger partial charge in [0, 0.05) is 38.7 Å². The average Bonchev–Trinajstić information content (AvgIpc) is 4.10. The lowest BCUT2D eigenvalue weighted by molar-refractivity contribution is 0.0686. The van der Waals surface area contributed by atoms with Crippen molar-refractivity contribution in [2.24, 2.45) is 9.98 Å². The maximum atomic E-state index is 11.8. The third kappa shape index (κ3) is 6.77. The first kappa shape index (κ1) is 37.2. The summed E-state index contributed by atoms with van der Waals surface area (Å²) < 4.78 is 0. The molecule has 0 saturated carbocycles. The van der Waals surface area contributed by atoms with Gasteiger partial charge in [-0.25, -0.2) is 29.2 Å². The minimum absolute atomic E-state index is 0.123. The van der Waals surface area contributed by atoms with E-state index in [4.69, 9.17) is 9.98 Å². The van der Waals surface area contributed by atoms with E-state index in [0.717, 1.165) is 22.4 Å².